The van der Waals surface area contributed by atoms with Crippen LogP contribution >= 0.6 is 0 Å². The number of rotatable bonds is 4. The lowest BCUT2D eigenvalue weighted by Crippen LogP contribution is -2.61. The predicted octanol–water partition coefficient (Wildman–Crippen LogP) is 3.56. The molecule has 34 heavy (non-hydrogen) atoms. The summed E-state index contributed by atoms with van der Waals surface area (Å²) in [5.41, 5.74) is -3.08. The maximum absolute atomic E-state index is 14.9. The number of aromatic nitrogens is 3. The van der Waals surface area contributed by atoms with Crippen molar-refractivity contribution in [2.75, 3.05) is 6.54 Å². The number of cyclic esters (lactones) is 1. The molecule has 0 aliphatic carbocycles. The van der Waals surface area contributed by atoms with Crippen molar-refractivity contribution in [1.29, 1.82) is 0 Å². The summed E-state index contributed by atoms with van der Waals surface area (Å²) < 4.78 is 74.1. The van der Waals surface area contributed by atoms with Crippen molar-refractivity contribution in [2.45, 2.75) is 31.3 Å². The zero-order valence-corrected chi connectivity index (χ0v) is 17.6. The highest BCUT2D eigenvalue weighted by molar-refractivity contribution is 5.96. The molecule has 1 aromatic heterocycles. The molecule has 3 aromatic rings. The molecule has 7 nitrogen and oxygen atoms in total. The van der Waals surface area contributed by atoms with E-state index in [0.717, 1.165) is 41.3 Å². The fourth-order valence-electron chi connectivity index (χ4n) is 3.98. The predicted molar refractivity (Wildman–Crippen MR) is 106 cm³/mol. The van der Waals surface area contributed by atoms with Crippen molar-refractivity contribution < 1.29 is 36.3 Å². The van der Waals surface area contributed by atoms with Gasteiger partial charge in [-0.15, -0.1) is 0 Å². The number of carbonyl (C=O) groups is 2. The Hall–Kier alpha value is -3.83. The number of alkyl halides is 3. The molecule has 0 saturated carbocycles. The molecular weight excluding hydrogens is 463 g/mol. The first-order valence-corrected chi connectivity index (χ1v) is 9.99. The van der Waals surface area contributed by atoms with Crippen molar-refractivity contribution in [1.82, 2.24) is 19.7 Å². The molecule has 1 amide bonds. The lowest BCUT2D eigenvalue weighted by Gasteiger charge is -2.47. The topological polar surface area (TPSA) is 77.3 Å². The fourth-order valence-corrected chi connectivity index (χ4v) is 3.98. The van der Waals surface area contributed by atoms with E-state index in [1.165, 1.54) is 24.3 Å². The van der Waals surface area contributed by atoms with E-state index >= 15 is 0 Å². The van der Waals surface area contributed by atoms with Crippen molar-refractivity contribution in [2.24, 2.45) is 0 Å². The molecule has 178 valence electrons. The number of amides is 1. The molecular formula is C22H17F5N4O3. The van der Waals surface area contributed by atoms with Gasteiger partial charge in [-0.05, 0) is 43.3 Å². The number of carbonyl (C=O) groups excluding carboxylic acids is 2. The van der Waals surface area contributed by atoms with E-state index in [-0.39, 0.29) is 17.7 Å². The van der Waals surface area contributed by atoms with E-state index in [4.69, 9.17) is 4.74 Å². The Labute approximate surface area is 189 Å². The summed E-state index contributed by atoms with van der Waals surface area (Å²) >= 11 is 0. The standard InChI is InChI=1S/C22H17F5N4O3/c1-13-21(10-30-12-28-11-29-30,17-7-6-16(23)8-18(17)24)34-19(32)9-31(13)20(33)14-2-4-15(5-3-14)22(25,26)27/h2-8,11-13H,9-10H2,1H3/t13?,21-/m1/s1. The van der Waals surface area contributed by atoms with Gasteiger partial charge in [-0.2, -0.15) is 18.3 Å². The van der Waals surface area contributed by atoms with E-state index in [1.54, 1.807) is 0 Å². The number of esters is 1. The number of hydrogen-bond donors (Lipinski definition) is 0. The molecule has 1 saturated heterocycles. The number of halogens is 5. The molecule has 2 aromatic carbocycles. The van der Waals surface area contributed by atoms with Gasteiger partial charge in [0.15, 0.2) is 5.60 Å². The van der Waals surface area contributed by atoms with Crippen LogP contribution in [0.1, 0.15) is 28.4 Å². The molecule has 2 heterocycles. The smallest absolute Gasteiger partial charge is 0.416 e. The van der Waals surface area contributed by atoms with Crippen LogP contribution in [0.15, 0.2) is 55.1 Å². The maximum atomic E-state index is 14.9. The largest absolute Gasteiger partial charge is 0.449 e. The number of benzene rings is 2. The number of ether oxygens (including phenoxy) is 1. The highest BCUT2D eigenvalue weighted by Crippen LogP contribution is 2.40. The second-order valence-electron chi connectivity index (χ2n) is 7.76. The van der Waals surface area contributed by atoms with E-state index in [0.29, 0.717) is 6.07 Å². The van der Waals surface area contributed by atoms with Gasteiger partial charge >= 0.3 is 12.1 Å². The Kier molecular flexibility index (Phi) is 5.84. The van der Waals surface area contributed by atoms with E-state index < -0.39 is 53.4 Å². The van der Waals surface area contributed by atoms with Gasteiger partial charge in [-0.1, -0.05) is 0 Å². The third kappa shape index (κ3) is 4.22. The lowest BCUT2D eigenvalue weighted by atomic mass is 9.83. The third-order valence-corrected chi connectivity index (χ3v) is 5.71. The van der Waals surface area contributed by atoms with Crippen LogP contribution in [0.25, 0.3) is 0 Å². The normalized spacial score (nSPS) is 20.8. The van der Waals surface area contributed by atoms with Gasteiger partial charge in [-0.3, -0.25) is 9.59 Å². The third-order valence-electron chi connectivity index (χ3n) is 5.71. The van der Waals surface area contributed by atoms with Crippen LogP contribution in [-0.4, -0.2) is 44.1 Å². The van der Waals surface area contributed by atoms with Crippen LogP contribution in [-0.2, 0) is 27.9 Å². The van der Waals surface area contributed by atoms with Crippen LogP contribution in [0.3, 0.4) is 0 Å². The van der Waals surface area contributed by atoms with Crippen molar-refractivity contribution in [3.05, 3.63) is 83.4 Å². The molecule has 0 spiro atoms. The first-order valence-electron chi connectivity index (χ1n) is 9.99. The first kappa shape index (κ1) is 23.3. The minimum absolute atomic E-state index is 0.108. The quantitative estimate of drug-likeness (QED) is 0.422. The Morgan fingerprint density at radius 2 is 1.88 bits per heavy atom. The maximum Gasteiger partial charge on any atom is 0.416 e. The molecule has 4 rings (SSSR count). The average molecular weight is 480 g/mol. The van der Waals surface area contributed by atoms with Gasteiger partial charge in [-0.25, -0.2) is 18.4 Å². The fraction of sp³-hybridized carbons (Fsp3) is 0.273. The van der Waals surface area contributed by atoms with Gasteiger partial charge in [0.25, 0.3) is 5.91 Å². The Morgan fingerprint density at radius 3 is 2.47 bits per heavy atom. The Morgan fingerprint density at radius 1 is 1.18 bits per heavy atom. The molecule has 0 N–H and O–H groups in total. The molecule has 1 fully saturated rings. The first-order chi connectivity index (χ1) is 16.0. The minimum atomic E-state index is -4.59. The summed E-state index contributed by atoms with van der Waals surface area (Å²) in [7, 11) is 0. The summed E-state index contributed by atoms with van der Waals surface area (Å²) in [4.78, 5) is 30.7. The summed E-state index contributed by atoms with van der Waals surface area (Å²) in [6.45, 7) is 0.705. The average Bonchev–Trinajstić information content (AvgIpc) is 3.28. The molecule has 1 unspecified atom stereocenters. The zero-order valence-electron chi connectivity index (χ0n) is 17.6. The lowest BCUT2D eigenvalue weighted by molar-refractivity contribution is -0.186. The zero-order chi connectivity index (χ0) is 24.7. The molecule has 2 atom stereocenters. The van der Waals surface area contributed by atoms with Crippen LogP contribution in [0, 0.1) is 11.6 Å². The highest BCUT2D eigenvalue weighted by atomic mass is 19.4. The number of hydrogen-bond acceptors (Lipinski definition) is 5. The van der Waals surface area contributed by atoms with Gasteiger partial charge in [0.2, 0.25) is 0 Å². The molecule has 0 bridgehead atoms. The minimum Gasteiger partial charge on any atom is -0.449 e. The molecule has 0 radical (unpaired) electrons. The van der Waals surface area contributed by atoms with Crippen LogP contribution in [0.4, 0.5) is 22.0 Å². The molecule has 1 aliphatic heterocycles. The van der Waals surface area contributed by atoms with E-state index in [2.05, 4.69) is 10.1 Å². The summed E-state index contributed by atoms with van der Waals surface area (Å²) in [5, 5.41) is 3.96. The van der Waals surface area contributed by atoms with E-state index in [1.807, 2.05) is 0 Å². The number of morpholine rings is 1. The van der Waals surface area contributed by atoms with Crippen LogP contribution < -0.4 is 0 Å². The van der Waals surface area contributed by atoms with Gasteiger partial charge < -0.3 is 9.64 Å². The molecule has 1 aliphatic rings. The number of nitrogens with zero attached hydrogens (tertiary/aromatic N) is 4. The monoisotopic (exact) mass is 480 g/mol. The molecule has 12 heteroatoms. The van der Waals surface area contributed by atoms with Gasteiger partial charge in [0.05, 0.1) is 18.2 Å². The van der Waals surface area contributed by atoms with Gasteiger partial charge in [0.1, 0.15) is 30.8 Å². The Bertz CT molecular complexity index is 1210. The second-order valence-corrected chi connectivity index (χ2v) is 7.76. The van der Waals surface area contributed by atoms with Crippen molar-refractivity contribution in [3.63, 3.8) is 0 Å². The van der Waals surface area contributed by atoms with Crippen LogP contribution in [0.5, 0.6) is 0 Å². The summed E-state index contributed by atoms with van der Waals surface area (Å²) in [6, 6.07) is 5.19. The SMILES string of the molecule is CC1N(C(=O)c2ccc(C(F)(F)F)cc2)CC(=O)O[C@@]1(Cn1cncn1)c1ccc(F)cc1F. The van der Waals surface area contributed by atoms with Crippen molar-refractivity contribution in [3.8, 4) is 0 Å². The second kappa shape index (κ2) is 8.50. The van der Waals surface area contributed by atoms with Gasteiger partial charge in [0, 0.05) is 17.2 Å². The summed E-state index contributed by atoms with van der Waals surface area (Å²) in [5.74, 6) is -3.52. The van der Waals surface area contributed by atoms with Crippen LogP contribution in [0.2, 0.25) is 0 Å². The van der Waals surface area contributed by atoms with E-state index in [9.17, 15) is 31.5 Å². The summed E-state index contributed by atoms with van der Waals surface area (Å²) in [6.07, 6.45) is -2.09. The Balaban J connectivity index is 1.77. The van der Waals surface area contributed by atoms with Crippen molar-refractivity contribution >= 4 is 11.9 Å². The highest BCUT2D eigenvalue weighted by Gasteiger charge is 2.52.